The monoisotopic (exact) mass is 257 g/mol. The van der Waals surface area contributed by atoms with Crippen molar-refractivity contribution in [1.29, 1.82) is 10.5 Å². The van der Waals surface area contributed by atoms with E-state index in [1.54, 1.807) is 6.07 Å². The lowest BCUT2D eigenvalue weighted by Crippen LogP contribution is -2.32. The van der Waals surface area contributed by atoms with Gasteiger partial charge in [0.25, 0.3) is 5.91 Å². The first-order valence-corrected chi connectivity index (χ1v) is 5.80. The van der Waals surface area contributed by atoms with E-state index >= 15 is 0 Å². The van der Waals surface area contributed by atoms with E-state index in [0.29, 0.717) is 11.3 Å². The summed E-state index contributed by atoms with van der Waals surface area (Å²) < 4.78 is 0. The highest BCUT2D eigenvalue weighted by molar-refractivity contribution is 5.95. The molecule has 0 bridgehead atoms. The fourth-order valence-electron chi connectivity index (χ4n) is 1.55. The molecule has 0 unspecified atom stereocenters. The Balaban J connectivity index is 3.11. The maximum atomic E-state index is 12.2. The topological polar surface area (TPSA) is 107 Å². The van der Waals surface area contributed by atoms with Gasteiger partial charge in [-0.15, -0.1) is 0 Å². The van der Waals surface area contributed by atoms with Crippen LogP contribution < -0.4 is 5.73 Å². The molecule has 98 valence electrons. The van der Waals surface area contributed by atoms with Crippen molar-refractivity contribution in [3.63, 3.8) is 0 Å². The summed E-state index contributed by atoms with van der Waals surface area (Å²) in [5, 5.41) is 17.3. The molecule has 1 amide bonds. The van der Waals surface area contributed by atoms with Gasteiger partial charge in [0.1, 0.15) is 18.9 Å². The number of amides is 1. The molecule has 6 heteroatoms. The van der Waals surface area contributed by atoms with Gasteiger partial charge >= 0.3 is 0 Å². The van der Waals surface area contributed by atoms with Gasteiger partial charge in [-0.3, -0.25) is 4.79 Å². The van der Waals surface area contributed by atoms with Crippen molar-refractivity contribution in [3.05, 3.63) is 23.4 Å². The average Bonchev–Trinajstić information content (AvgIpc) is 2.37. The van der Waals surface area contributed by atoms with Crippen LogP contribution in [0.3, 0.4) is 0 Å². The van der Waals surface area contributed by atoms with E-state index in [9.17, 15) is 4.79 Å². The molecular formula is C13H15N5O. The van der Waals surface area contributed by atoms with E-state index in [4.69, 9.17) is 16.3 Å². The number of rotatable bonds is 4. The van der Waals surface area contributed by atoms with E-state index in [0.717, 1.165) is 0 Å². The predicted octanol–water partition coefficient (Wildman–Crippen LogP) is 1.28. The SMILES string of the molecule is CC(C)c1cc(C(=O)N(CC#N)CC#N)cc(N)n1. The summed E-state index contributed by atoms with van der Waals surface area (Å²) in [6.45, 7) is 3.62. The highest BCUT2D eigenvalue weighted by Gasteiger charge is 2.17. The molecular weight excluding hydrogens is 242 g/mol. The first kappa shape index (κ1) is 14.5. The molecule has 0 aliphatic carbocycles. The molecule has 1 aromatic heterocycles. The van der Waals surface area contributed by atoms with Gasteiger partial charge in [-0.25, -0.2) is 4.98 Å². The Hall–Kier alpha value is -2.60. The lowest BCUT2D eigenvalue weighted by atomic mass is 10.1. The normalized spacial score (nSPS) is 9.74. The van der Waals surface area contributed by atoms with Crippen molar-refractivity contribution in [3.8, 4) is 12.1 Å². The number of aromatic nitrogens is 1. The number of hydrogen-bond donors (Lipinski definition) is 1. The summed E-state index contributed by atoms with van der Waals surface area (Å²) in [5.41, 5.74) is 6.73. The number of carbonyl (C=O) groups is 1. The van der Waals surface area contributed by atoms with Crippen LogP contribution in [-0.2, 0) is 0 Å². The molecule has 19 heavy (non-hydrogen) atoms. The van der Waals surface area contributed by atoms with Crippen molar-refractivity contribution in [1.82, 2.24) is 9.88 Å². The van der Waals surface area contributed by atoms with E-state index in [-0.39, 0.29) is 30.7 Å². The Kier molecular flexibility index (Phi) is 4.84. The van der Waals surface area contributed by atoms with Crippen LogP contribution in [0, 0.1) is 22.7 Å². The molecule has 0 spiro atoms. The molecule has 0 fully saturated rings. The molecule has 0 aromatic carbocycles. The first-order valence-electron chi connectivity index (χ1n) is 5.80. The van der Waals surface area contributed by atoms with Crippen molar-refractivity contribution in [2.75, 3.05) is 18.8 Å². The summed E-state index contributed by atoms with van der Waals surface area (Å²) in [6.07, 6.45) is 0. The average molecular weight is 257 g/mol. The summed E-state index contributed by atoms with van der Waals surface area (Å²) >= 11 is 0. The zero-order chi connectivity index (χ0) is 14.4. The molecule has 1 heterocycles. The van der Waals surface area contributed by atoms with Crippen LogP contribution in [0.2, 0.25) is 0 Å². The van der Waals surface area contributed by atoms with E-state index in [1.165, 1.54) is 11.0 Å². The fraction of sp³-hybridized carbons (Fsp3) is 0.385. The van der Waals surface area contributed by atoms with Gasteiger partial charge in [0.15, 0.2) is 0 Å². The van der Waals surface area contributed by atoms with Crippen LogP contribution in [-0.4, -0.2) is 28.9 Å². The standard InChI is InChI=1S/C13H15N5O/c1-9(2)11-7-10(8-12(16)17-11)13(19)18(5-3-14)6-4-15/h7-9H,5-6H2,1-2H3,(H2,16,17). The van der Waals surface area contributed by atoms with Crippen LogP contribution in [0.25, 0.3) is 0 Å². The van der Waals surface area contributed by atoms with Crippen molar-refractivity contribution in [2.24, 2.45) is 0 Å². The van der Waals surface area contributed by atoms with Crippen LogP contribution in [0.1, 0.15) is 35.8 Å². The second-order valence-electron chi connectivity index (χ2n) is 4.34. The molecule has 0 saturated carbocycles. The van der Waals surface area contributed by atoms with Gasteiger partial charge in [-0.05, 0) is 18.1 Å². The number of nitrogens with zero attached hydrogens (tertiary/aromatic N) is 4. The number of hydrogen-bond acceptors (Lipinski definition) is 5. The molecule has 0 radical (unpaired) electrons. The molecule has 0 aliphatic heterocycles. The van der Waals surface area contributed by atoms with Gasteiger partial charge in [-0.1, -0.05) is 13.8 Å². The Morgan fingerprint density at radius 2 is 1.95 bits per heavy atom. The van der Waals surface area contributed by atoms with Crippen molar-refractivity contribution < 1.29 is 4.79 Å². The van der Waals surface area contributed by atoms with Crippen LogP contribution in [0.5, 0.6) is 0 Å². The number of nitrogen functional groups attached to an aromatic ring is 1. The first-order chi connectivity index (χ1) is 8.99. The maximum absolute atomic E-state index is 12.2. The van der Waals surface area contributed by atoms with E-state index in [2.05, 4.69) is 4.98 Å². The summed E-state index contributed by atoms with van der Waals surface area (Å²) in [6, 6.07) is 6.82. The third-order valence-electron chi connectivity index (χ3n) is 2.51. The third kappa shape index (κ3) is 3.68. The Bertz CT molecular complexity index is 537. The summed E-state index contributed by atoms with van der Waals surface area (Å²) in [5.74, 6) is -0.00190. The second-order valence-corrected chi connectivity index (χ2v) is 4.34. The lowest BCUT2D eigenvalue weighted by Gasteiger charge is -2.17. The Morgan fingerprint density at radius 1 is 1.37 bits per heavy atom. The molecule has 6 nitrogen and oxygen atoms in total. The largest absolute Gasteiger partial charge is 0.384 e. The minimum Gasteiger partial charge on any atom is -0.384 e. The lowest BCUT2D eigenvalue weighted by molar-refractivity contribution is 0.0794. The van der Waals surface area contributed by atoms with Gasteiger partial charge in [0.05, 0.1) is 12.1 Å². The Morgan fingerprint density at radius 3 is 2.42 bits per heavy atom. The number of nitriles is 2. The zero-order valence-corrected chi connectivity index (χ0v) is 10.9. The van der Waals surface area contributed by atoms with E-state index in [1.807, 2.05) is 26.0 Å². The van der Waals surface area contributed by atoms with Gasteiger partial charge in [-0.2, -0.15) is 10.5 Å². The summed E-state index contributed by atoms with van der Waals surface area (Å²) in [7, 11) is 0. The highest BCUT2D eigenvalue weighted by atomic mass is 16.2. The number of anilines is 1. The summed E-state index contributed by atoms with van der Waals surface area (Å²) in [4.78, 5) is 17.5. The highest BCUT2D eigenvalue weighted by Crippen LogP contribution is 2.17. The molecule has 2 N–H and O–H groups in total. The molecule has 0 aliphatic rings. The van der Waals surface area contributed by atoms with Crippen LogP contribution >= 0.6 is 0 Å². The van der Waals surface area contributed by atoms with Gasteiger partial charge in [0.2, 0.25) is 0 Å². The Labute approximate surface area is 112 Å². The molecule has 0 atom stereocenters. The number of pyridine rings is 1. The molecule has 1 aromatic rings. The van der Waals surface area contributed by atoms with Gasteiger partial charge in [0, 0.05) is 11.3 Å². The number of carbonyl (C=O) groups excluding carboxylic acids is 1. The zero-order valence-electron chi connectivity index (χ0n) is 10.9. The minimum atomic E-state index is -0.390. The third-order valence-corrected chi connectivity index (χ3v) is 2.51. The smallest absolute Gasteiger partial charge is 0.255 e. The van der Waals surface area contributed by atoms with E-state index < -0.39 is 0 Å². The van der Waals surface area contributed by atoms with Crippen molar-refractivity contribution >= 4 is 11.7 Å². The van der Waals surface area contributed by atoms with Gasteiger partial charge < -0.3 is 10.6 Å². The molecule has 1 rings (SSSR count). The second kappa shape index (κ2) is 6.36. The fourth-order valence-corrected chi connectivity index (χ4v) is 1.55. The number of nitrogens with two attached hydrogens (primary N) is 1. The molecule has 0 saturated heterocycles. The maximum Gasteiger partial charge on any atom is 0.255 e. The van der Waals surface area contributed by atoms with Crippen LogP contribution in [0.4, 0.5) is 5.82 Å². The minimum absolute atomic E-state index is 0.133. The predicted molar refractivity (Wildman–Crippen MR) is 69.9 cm³/mol. The van der Waals surface area contributed by atoms with Crippen LogP contribution in [0.15, 0.2) is 12.1 Å². The quantitative estimate of drug-likeness (QED) is 0.817. The van der Waals surface area contributed by atoms with Crippen molar-refractivity contribution in [2.45, 2.75) is 19.8 Å².